The van der Waals surface area contributed by atoms with E-state index in [-0.39, 0.29) is 31.0 Å². The average Bonchev–Trinajstić information content (AvgIpc) is 2.69. The summed E-state index contributed by atoms with van der Waals surface area (Å²) in [5, 5.41) is 12.4. The number of aliphatic carboxylic acids is 1. The number of carbonyl (C=O) groups is 2. The second-order valence-electron chi connectivity index (χ2n) is 6.65. The van der Waals surface area contributed by atoms with Crippen LogP contribution in [0.4, 0.5) is 0 Å². The van der Waals surface area contributed by atoms with Crippen molar-refractivity contribution in [1.29, 1.82) is 0 Å². The highest BCUT2D eigenvalue weighted by molar-refractivity contribution is 5.77. The first-order chi connectivity index (χ1) is 13.0. The van der Waals surface area contributed by atoms with Gasteiger partial charge in [0, 0.05) is 25.6 Å². The highest BCUT2D eigenvalue weighted by Gasteiger charge is 2.22. The van der Waals surface area contributed by atoms with Crippen LogP contribution in [0.3, 0.4) is 0 Å². The summed E-state index contributed by atoms with van der Waals surface area (Å²) in [5.41, 5.74) is 2.17. The Morgan fingerprint density at radius 1 is 0.926 bits per heavy atom. The molecule has 2 N–H and O–H groups in total. The molecule has 0 saturated carbocycles. The molecule has 2 aromatic rings. The standard InChI is InChI=1S/C22H28N2O3/c1-17(19-9-5-3-6-10-19)23-15-13-21(25)24(16-14-22(26)27)18(2)20-11-7-4-8-12-20/h3-12,17-18,23H,13-16H2,1-2H3,(H,26,27)/t17-,18-/m0/s1. The van der Waals surface area contributed by atoms with Crippen molar-refractivity contribution in [3.8, 4) is 0 Å². The predicted octanol–water partition coefficient (Wildman–Crippen LogP) is 3.79. The number of nitrogens with zero attached hydrogens (tertiary/aromatic N) is 1. The van der Waals surface area contributed by atoms with Gasteiger partial charge in [-0.05, 0) is 25.0 Å². The summed E-state index contributed by atoms with van der Waals surface area (Å²) < 4.78 is 0. The van der Waals surface area contributed by atoms with Crippen molar-refractivity contribution in [3.63, 3.8) is 0 Å². The van der Waals surface area contributed by atoms with Crippen molar-refractivity contribution < 1.29 is 14.7 Å². The molecule has 0 saturated heterocycles. The molecule has 2 rings (SSSR count). The maximum atomic E-state index is 12.8. The number of carbonyl (C=O) groups excluding carboxylic acids is 1. The second kappa shape index (κ2) is 10.5. The van der Waals surface area contributed by atoms with Crippen LogP contribution in [-0.2, 0) is 9.59 Å². The van der Waals surface area contributed by atoms with E-state index in [0.717, 1.165) is 5.56 Å². The molecule has 0 radical (unpaired) electrons. The van der Waals surface area contributed by atoms with E-state index in [1.165, 1.54) is 5.56 Å². The predicted molar refractivity (Wildman–Crippen MR) is 106 cm³/mol. The summed E-state index contributed by atoms with van der Waals surface area (Å²) in [5.74, 6) is -0.941. The highest BCUT2D eigenvalue weighted by atomic mass is 16.4. The number of rotatable bonds is 10. The maximum absolute atomic E-state index is 12.8. The van der Waals surface area contributed by atoms with Crippen LogP contribution in [0.15, 0.2) is 60.7 Å². The first-order valence-corrected chi connectivity index (χ1v) is 9.33. The molecule has 0 bridgehead atoms. The van der Waals surface area contributed by atoms with E-state index < -0.39 is 5.97 Å². The van der Waals surface area contributed by atoms with Gasteiger partial charge in [0.1, 0.15) is 0 Å². The summed E-state index contributed by atoms with van der Waals surface area (Å²) >= 11 is 0. The van der Waals surface area contributed by atoms with Crippen molar-refractivity contribution in [3.05, 3.63) is 71.8 Å². The molecule has 0 fully saturated rings. The lowest BCUT2D eigenvalue weighted by Gasteiger charge is -2.29. The van der Waals surface area contributed by atoms with Crippen LogP contribution in [0.5, 0.6) is 0 Å². The first kappa shape index (κ1) is 20.6. The van der Waals surface area contributed by atoms with Crippen molar-refractivity contribution in [2.45, 2.75) is 38.8 Å². The second-order valence-corrected chi connectivity index (χ2v) is 6.65. The number of carboxylic acids is 1. The molecule has 0 aliphatic carbocycles. The molecule has 0 spiro atoms. The molecule has 0 unspecified atom stereocenters. The van der Waals surface area contributed by atoms with Crippen LogP contribution in [-0.4, -0.2) is 35.0 Å². The third-order valence-electron chi connectivity index (χ3n) is 4.73. The van der Waals surface area contributed by atoms with E-state index in [0.29, 0.717) is 13.0 Å². The van der Waals surface area contributed by atoms with Gasteiger partial charge in [0.05, 0.1) is 12.5 Å². The highest BCUT2D eigenvalue weighted by Crippen LogP contribution is 2.21. The molecule has 0 aliphatic heterocycles. The Hall–Kier alpha value is -2.66. The van der Waals surface area contributed by atoms with Crippen LogP contribution in [0.2, 0.25) is 0 Å². The van der Waals surface area contributed by atoms with Crippen LogP contribution in [0, 0.1) is 0 Å². The van der Waals surface area contributed by atoms with Crippen LogP contribution < -0.4 is 5.32 Å². The van der Waals surface area contributed by atoms with E-state index >= 15 is 0 Å². The molecule has 5 heteroatoms. The van der Waals surface area contributed by atoms with Crippen LogP contribution >= 0.6 is 0 Å². The minimum Gasteiger partial charge on any atom is -0.481 e. The SMILES string of the molecule is C[C@H](NCCC(=O)N(CCC(=O)O)[C@@H](C)c1ccccc1)c1ccccc1. The van der Waals surface area contributed by atoms with E-state index in [4.69, 9.17) is 5.11 Å². The lowest BCUT2D eigenvalue weighted by Crippen LogP contribution is -2.37. The summed E-state index contributed by atoms with van der Waals surface area (Å²) in [7, 11) is 0. The Kier molecular flexibility index (Phi) is 8.01. The zero-order valence-corrected chi connectivity index (χ0v) is 16.0. The summed E-state index contributed by atoms with van der Waals surface area (Å²) in [6.07, 6.45) is 0.269. The average molecular weight is 368 g/mol. The van der Waals surface area contributed by atoms with Gasteiger partial charge in [-0.1, -0.05) is 60.7 Å². The molecule has 2 atom stereocenters. The minimum atomic E-state index is -0.899. The van der Waals surface area contributed by atoms with E-state index in [1.807, 2.05) is 55.5 Å². The first-order valence-electron chi connectivity index (χ1n) is 9.33. The van der Waals surface area contributed by atoms with Gasteiger partial charge in [-0.25, -0.2) is 0 Å². The molecule has 0 aliphatic rings. The number of carboxylic acid groups (broad SMARTS) is 1. The van der Waals surface area contributed by atoms with Crippen molar-refractivity contribution in [2.75, 3.05) is 13.1 Å². The van der Waals surface area contributed by atoms with Gasteiger partial charge in [-0.2, -0.15) is 0 Å². The van der Waals surface area contributed by atoms with Gasteiger partial charge >= 0.3 is 5.97 Å². The zero-order chi connectivity index (χ0) is 19.6. The Labute approximate surface area is 161 Å². The summed E-state index contributed by atoms with van der Waals surface area (Å²) in [4.78, 5) is 25.4. The monoisotopic (exact) mass is 368 g/mol. The Balaban J connectivity index is 1.95. The third-order valence-corrected chi connectivity index (χ3v) is 4.73. The van der Waals surface area contributed by atoms with Crippen molar-refractivity contribution >= 4 is 11.9 Å². The minimum absolute atomic E-state index is 0.0413. The number of nitrogens with one attached hydrogen (secondary N) is 1. The van der Waals surface area contributed by atoms with Gasteiger partial charge in [0.2, 0.25) is 5.91 Å². The van der Waals surface area contributed by atoms with Crippen molar-refractivity contribution in [1.82, 2.24) is 10.2 Å². The lowest BCUT2D eigenvalue weighted by molar-refractivity contribution is -0.139. The van der Waals surface area contributed by atoms with E-state index in [1.54, 1.807) is 4.90 Å². The van der Waals surface area contributed by atoms with Gasteiger partial charge in [-0.15, -0.1) is 0 Å². The largest absolute Gasteiger partial charge is 0.481 e. The van der Waals surface area contributed by atoms with Gasteiger partial charge in [0.15, 0.2) is 0 Å². The molecular weight excluding hydrogens is 340 g/mol. The van der Waals surface area contributed by atoms with E-state index in [9.17, 15) is 9.59 Å². The summed E-state index contributed by atoms with van der Waals surface area (Å²) in [6, 6.07) is 19.8. The van der Waals surface area contributed by atoms with Gasteiger partial charge in [-0.3, -0.25) is 9.59 Å². The zero-order valence-electron chi connectivity index (χ0n) is 16.0. The number of amides is 1. The number of hydrogen-bond acceptors (Lipinski definition) is 3. The van der Waals surface area contributed by atoms with Gasteiger partial charge in [0.25, 0.3) is 0 Å². The lowest BCUT2D eigenvalue weighted by atomic mass is 10.1. The normalized spacial score (nSPS) is 13.0. The molecule has 5 nitrogen and oxygen atoms in total. The van der Waals surface area contributed by atoms with E-state index in [2.05, 4.69) is 24.4 Å². The third kappa shape index (κ3) is 6.53. The summed E-state index contributed by atoms with van der Waals surface area (Å²) in [6.45, 7) is 4.75. The Morgan fingerprint density at radius 3 is 2.04 bits per heavy atom. The van der Waals surface area contributed by atoms with Crippen molar-refractivity contribution in [2.24, 2.45) is 0 Å². The Bertz CT molecular complexity index is 719. The molecule has 2 aromatic carbocycles. The topological polar surface area (TPSA) is 69.6 Å². The fourth-order valence-corrected chi connectivity index (χ4v) is 3.06. The Morgan fingerprint density at radius 2 is 1.48 bits per heavy atom. The molecule has 144 valence electrons. The fourth-order valence-electron chi connectivity index (χ4n) is 3.06. The van der Waals surface area contributed by atoms with Crippen LogP contribution in [0.1, 0.15) is 49.9 Å². The quantitative estimate of drug-likeness (QED) is 0.669. The molecule has 0 aromatic heterocycles. The number of hydrogen-bond donors (Lipinski definition) is 2. The maximum Gasteiger partial charge on any atom is 0.305 e. The smallest absolute Gasteiger partial charge is 0.305 e. The van der Waals surface area contributed by atoms with Crippen LogP contribution in [0.25, 0.3) is 0 Å². The fraction of sp³-hybridized carbons (Fsp3) is 0.364. The number of benzene rings is 2. The molecule has 27 heavy (non-hydrogen) atoms. The molecule has 0 heterocycles. The molecule has 1 amide bonds. The van der Waals surface area contributed by atoms with Gasteiger partial charge < -0.3 is 15.3 Å². The molecular formula is C22H28N2O3.